The average molecular weight is 475 g/mol. The number of amides is 2. The smallest absolute Gasteiger partial charge is 0.414 e. The van der Waals surface area contributed by atoms with Gasteiger partial charge in [0.2, 0.25) is 5.91 Å². The summed E-state index contributed by atoms with van der Waals surface area (Å²) in [7, 11) is 0. The van der Waals surface area contributed by atoms with E-state index in [0.29, 0.717) is 17.8 Å². The fourth-order valence-corrected chi connectivity index (χ4v) is 3.54. The number of nitro groups is 1. The number of anilines is 1. The van der Waals surface area contributed by atoms with E-state index in [0.717, 1.165) is 0 Å². The molecule has 13 heteroatoms. The van der Waals surface area contributed by atoms with Gasteiger partial charge in [-0.15, -0.1) is 0 Å². The minimum atomic E-state index is -0.604. The number of nitrogens with one attached hydrogen (secondary N) is 1. The molecule has 1 fully saturated rings. The average Bonchev–Trinajstić information content (AvgIpc) is 3.39. The molecule has 3 heterocycles. The topological polar surface area (TPSA) is 138 Å². The second-order valence-electron chi connectivity index (χ2n) is 7.72. The molecule has 34 heavy (non-hydrogen) atoms. The van der Waals surface area contributed by atoms with Crippen LogP contribution in [0, 0.1) is 15.9 Å². The van der Waals surface area contributed by atoms with Gasteiger partial charge in [-0.25, -0.2) is 9.18 Å². The first-order valence-electron chi connectivity index (χ1n) is 10.4. The van der Waals surface area contributed by atoms with Gasteiger partial charge in [-0.1, -0.05) is 12.2 Å². The molecule has 1 aromatic heterocycles. The number of fused-ring (bicyclic) bond motifs is 1. The quantitative estimate of drug-likeness (QED) is 0.451. The van der Waals surface area contributed by atoms with E-state index in [1.165, 1.54) is 34.7 Å². The molecule has 0 saturated carbocycles. The normalized spacial score (nSPS) is 19.6. The summed E-state index contributed by atoms with van der Waals surface area (Å²) >= 11 is 0. The van der Waals surface area contributed by atoms with Gasteiger partial charge in [-0.05, 0) is 23.1 Å². The number of benzene rings is 1. The van der Waals surface area contributed by atoms with Crippen molar-refractivity contribution in [3.8, 4) is 6.01 Å². The fraction of sp³-hybridized carbons (Fsp3) is 0.381. The van der Waals surface area contributed by atoms with Crippen LogP contribution in [0.3, 0.4) is 0 Å². The van der Waals surface area contributed by atoms with Gasteiger partial charge in [0.1, 0.15) is 30.8 Å². The van der Waals surface area contributed by atoms with Crippen LogP contribution in [0.15, 0.2) is 30.5 Å². The van der Waals surface area contributed by atoms with Crippen LogP contribution in [0.4, 0.5) is 20.7 Å². The SMILES string of the molecule is CC(=O)NCC1CN(c2ccc(/C=C\COC3COc4nc([N+](=O)[O-])cn4C3)c(F)c2)C(=O)O1. The van der Waals surface area contributed by atoms with E-state index in [1.54, 1.807) is 18.2 Å². The number of hydrogen-bond acceptors (Lipinski definition) is 8. The van der Waals surface area contributed by atoms with Gasteiger partial charge in [0, 0.05) is 17.5 Å². The van der Waals surface area contributed by atoms with E-state index in [-0.39, 0.29) is 50.1 Å². The number of halogens is 1. The lowest BCUT2D eigenvalue weighted by atomic mass is 10.1. The third kappa shape index (κ3) is 5.31. The molecule has 0 spiro atoms. The Bertz CT molecular complexity index is 1130. The van der Waals surface area contributed by atoms with Crippen molar-refractivity contribution in [3.63, 3.8) is 0 Å². The Labute approximate surface area is 193 Å². The summed E-state index contributed by atoms with van der Waals surface area (Å²) in [6.45, 7) is 2.47. The van der Waals surface area contributed by atoms with E-state index in [4.69, 9.17) is 14.2 Å². The van der Waals surface area contributed by atoms with Crippen LogP contribution < -0.4 is 15.0 Å². The van der Waals surface area contributed by atoms with Crippen LogP contribution in [0.2, 0.25) is 0 Å². The van der Waals surface area contributed by atoms with Crippen molar-refractivity contribution in [1.29, 1.82) is 0 Å². The largest absolute Gasteiger partial charge is 0.443 e. The van der Waals surface area contributed by atoms with Crippen LogP contribution in [-0.2, 0) is 20.8 Å². The van der Waals surface area contributed by atoms with Gasteiger partial charge in [0.25, 0.3) is 0 Å². The van der Waals surface area contributed by atoms with Crippen molar-refractivity contribution in [2.24, 2.45) is 0 Å². The van der Waals surface area contributed by atoms with Crippen molar-refractivity contribution in [1.82, 2.24) is 14.9 Å². The lowest BCUT2D eigenvalue weighted by Gasteiger charge is -2.21. The third-order valence-electron chi connectivity index (χ3n) is 5.19. The highest BCUT2D eigenvalue weighted by atomic mass is 19.1. The molecule has 2 aliphatic rings. The third-order valence-corrected chi connectivity index (χ3v) is 5.19. The number of aromatic nitrogens is 2. The minimum absolute atomic E-state index is 0.171. The summed E-state index contributed by atoms with van der Waals surface area (Å²) in [5.41, 5.74) is 0.660. The summed E-state index contributed by atoms with van der Waals surface area (Å²) in [6.07, 6.45) is 3.02. The monoisotopic (exact) mass is 475 g/mol. The lowest BCUT2D eigenvalue weighted by molar-refractivity contribution is -0.389. The first-order valence-corrected chi connectivity index (χ1v) is 10.4. The minimum Gasteiger partial charge on any atom is -0.443 e. The number of cyclic esters (lactones) is 1. The molecule has 2 atom stereocenters. The molecule has 1 saturated heterocycles. The molecule has 180 valence electrons. The summed E-state index contributed by atoms with van der Waals surface area (Å²) in [4.78, 5) is 38.4. The van der Waals surface area contributed by atoms with E-state index < -0.39 is 22.9 Å². The molecule has 4 rings (SSSR count). The zero-order valence-electron chi connectivity index (χ0n) is 18.2. The summed E-state index contributed by atoms with van der Waals surface area (Å²) in [6, 6.07) is 4.56. The second-order valence-corrected chi connectivity index (χ2v) is 7.72. The molecular weight excluding hydrogens is 453 g/mol. The maximum absolute atomic E-state index is 14.6. The molecule has 0 radical (unpaired) electrons. The van der Waals surface area contributed by atoms with Gasteiger partial charge < -0.3 is 29.6 Å². The first kappa shape index (κ1) is 23.2. The van der Waals surface area contributed by atoms with Crippen LogP contribution >= 0.6 is 0 Å². The Kier molecular flexibility index (Phi) is 6.72. The van der Waals surface area contributed by atoms with Gasteiger partial charge in [-0.3, -0.25) is 14.3 Å². The number of rotatable bonds is 8. The van der Waals surface area contributed by atoms with E-state index in [2.05, 4.69) is 10.3 Å². The Morgan fingerprint density at radius 1 is 1.44 bits per heavy atom. The number of carbonyl (C=O) groups excluding carboxylic acids is 2. The zero-order valence-corrected chi connectivity index (χ0v) is 18.2. The second kappa shape index (κ2) is 9.87. The predicted molar refractivity (Wildman–Crippen MR) is 116 cm³/mol. The van der Waals surface area contributed by atoms with E-state index in [9.17, 15) is 24.1 Å². The maximum Gasteiger partial charge on any atom is 0.414 e. The van der Waals surface area contributed by atoms with Crippen molar-refractivity contribution < 1.29 is 33.1 Å². The number of carbonyl (C=O) groups is 2. The first-order chi connectivity index (χ1) is 16.3. The van der Waals surface area contributed by atoms with Gasteiger partial charge in [0.05, 0.1) is 31.9 Å². The summed E-state index contributed by atoms with van der Waals surface area (Å²) in [5.74, 6) is -1.05. The molecule has 12 nitrogen and oxygen atoms in total. The number of ether oxygens (including phenoxy) is 3. The number of nitrogens with zero attached hydrogens (tertiary/aromatic N) is 4. The van der Waals surface area contributed by atoms with Gasteiger partial charge in [-0.2, -0.15) is 0 Å². The molecular formula is C21H22FN5O7. The Morgan fingerprint density at radius 3 is 3.00 bits per heavy atom. The molecule has 2 aromatic rings. The van der Waals surface area contributed by atoms with Crippen molar-refractivity contribution in [2.45, 2.75) is 25.7 Å². The lowest BCUT2D eigenvalue weighted by Crippen LogP contribution is -2.33. The molecule has 2 unspecified atom stereocenters. The Morgan fingerprint density at radius 2 is 2.26 bits per heavy atom. The molecule has 2 aliphatic heterocycles. The molecule has 0 aliphatic carbocycles. The highest BCUT2D eigenvalue weighted by Gasteiger charge is 2.32. The standard InChI is InChI=1S/C21H22FN5O7/c1-13(28)23-8-16-10-26(21(29)34-16)15-5-4-14(18(22)7-15)3-2-6-32-17-9-25-11-19(27(30)31)24-20(25)33-12-17/h2-5,7,11,16-17H,6,8-10,12H2,1H3,(H,23,28)/b3-2-. The molecule has 1 N–H and O–H groups in total. The highest BCUT2D eigenvalue weighted by Crippen LogP contribution is 2.25. The van der Waals surface area contributed by atoms with Gasteiger partial charge >= 0.3 is 17.9 Å². The van der Waals surface area contributed by atoms with Crippen LogP contribution in [0.1, 0.15) is 12.5 Å². The van der Waals surface area contributed by atoms with Crippen molar-refractivity contribution >= 4 is 29.6 Å². The highest BCUT2D eigenvalue weighted by molar-refractivity contribution is 5.90. The van der Waals surface area contributed by atoms with Gasteiger partial charge in [0.15, 0.2) is 0 Å². The number of imidazole rings is 1. The summed E-state index contributed by atoms with van der Waals surface area (Å²) < 4.78 is 32.4. The Balaban J connectivity index is 1.29. The molecule has 0 bridgehead atoms. The zero-order chi connectivity index (χ0) is 24.2. The van der Waals surface area contributed by atoms with E-state index >= 15 is 0 Å². The fourth-order valence-electron chi connectivity index (χ4n) is 3.54. The van der Waals surface area contributed by atoms with E-state index in [1.807, 2.05) is 0 Å². The Hall–Kier alpha value is -4.00. The molecule has 1 aromatic carbocycles. The number of hydrogen-bond donors (Lipinski definition) is 1. The van der Waals surface area contributed by atoms with Crippen LogP contribution in [0.5, 0.6) is 6.01 Å². The summed E-state index contributed by atoms with van der Waals surface area (Å²) in [5, 5.41) is 13.4. The van der Waals surface area contributed by atoms with Crippen LogP contribution in [-0.4, -0.2) is 65.0 Å². The molecule has 2 amide bonds. The van der Waals surface area contributed by atoms with Crippen LogP contribution in [0.25, 0.3) is 6.08 Å². The van der Waals surface area contributed by atoms with Crippen molar-refractivity contribution in [2.75, 3.05) is 31.2 Å². The van der Waals surface area contributed by atoms with Crippen molar-refractivity contribution in [3.05, 3.63) is 52.0 Å². The predicted octanol–water partition coefficient (Wildman–Crippen LogP) is 1.88. The maximum atomic E-state index is 14.6.